The number of aryl methyl sites for hydroxylation is 1. The Kier molecular flexibility index (Phi) is 3.26. The molecule has 0 spiro atoms. The molecular weight excluding hydrogens is 280 g/mol. The fourth-order valence-corrected chi connectivity index (χ4v) is 5.84. The third-order valence-corrected chi connectivity index (χ3v) is 6.79. The number of hydrogen-bond donors (Lipinski definition) is 0. The van der Waals surface area contributed by atoms with E-state index in [1.807, 2.05) is 23.2 Å². The Labute approximate surface area is 132 Å². The van der Waals surface area contributed by atoms with E-state index < -0.39 is 0 Å². The van der Waals surface area contributed by atoms with Crippen LogP contribution in [0.2, 0.25) is 0 Å². The van der Waals surface area contributed by atoms with Gasteiger partial charge in [0.2, 0.25) is 0 Å². The van der Waals surface area contributed by atoms with Crippen molar-refractivity contribution in [3.8, 4) is 0 Å². The van der Waals surface area contributed by atoms with Gasteiger partial charge in [0.25, 0.3) is 0 Å². The first-order chi connectivity index (χ1) is 10.0. The fraction of sp³-hybridized carbons (Fsp3) is 0.875. The van der Waals surface area contributed by atoms with E-state index in [-0.39, 0.29) is 0 Å². The van der Waals surface area contributed by atoms with Crippen LogP contribution in [0.15, 0.2) is 0 Å². The zero-order valence-electron chi connectivity index (χ0n) is 13.3. The summed E-state index contributed by atoms with van der Waals surface area (Å²) in [7, 11) is 4.28. The van der Waals surface area contributed by atoms with Crippen LogP contribution in [0.5, 0.6) is 0 Å². The lowest BCUT2D eigenvalue weighted by atomic mass is 9.54. The maximum atomic E-state index is 5.50. The van der Waals surface area contributed by atoms with Gasteiger partial charge in [0.1, 0.15) is 5.82 Å². The number of nitrogens with zero attached hydrogens (tertiary/aromatic N) is 4. The highest BCUT2D eigenvalue weighted by atomic mass is 32.1. The third kappa shape index (κ3) is 2.20. The minimum atomic E-state index is 0.752. The quantitative estimate of drug-likeness (QED) is 0.803. The minimum Gasteiger partial charge on any atom is -0.307 e. The molecule has 0 saturated heterocycles. The molecule has 0 aliphatic heterocycles. The van der Waals surface area contributed by atoms with Gasteiger partial charge in [-0.05, 0) is 82.0 Å². The lowest BCUT2D eigenvalue weighted by molar-refractivity contribution is -0.0669. The molecule has 0 atom stereocenters. The normalized spacial score (nSPS) is 37.6. The van der Waals surface area contributed by atoms with Gasteiger partial charge in [-0.1, -0.05) is 0 Å². The zero-order valence-corrected chi connectivity index (χ0v) is 14.1. The maximum Gasteiger partial charge on any atom is 0.198 e. The first kappa shape index (κ1) is 13.9. The zero-order chi connectivity index (χ0) is 14.7. The predicted octanol–water partition coefficient (Wildman–Crippen LogP) is 2.97. The van der Waals surface area contributed by atoms with Crippen molar-refractivity contribution >= 4 is 12.2 Å². The molecule has 4 nitrogen and oxygen atoms in total. The SMILES string of the molecule is Cc1nn(CN(C)C2C3CC4CC(C3)CC2C4)c(=S)n1C. The van der Waals surface area contributed by atoms with Crippen molar-refractivity contribution in [3.63, 3.8) is 0 Å². The molecule has 0 aromatic carbocycles. The second kappa shape index (κ2) is 4.92. The van der Waals surface area contributed by atoms with Crippen molar-refractivity contribution in [2.24, 2.45) is 30.7 Å². The molecule has 4 bridgehead atoms. The molecule has 4 aliphatic carbocycles. The van der Waals surface area contributed by atoms with Crippen LogP contribution < -0.4 is 0 Å². The van der Waals surface area contributed by atoms with Crippen molar-refractivity contribution in [2.75, 3.05) is 7.05 Å². The predicted molar refractivity (Wildman–Crippen MR) is 85.4 cm³/mol. The van der Waals surface area contributed by atoms with Crippen molar-refractivity contribution in [1.29, 1.82) is 0 Å². The molecule has 4 fully saturated rings. The summed E-state index contributed by atoms with van der Waals surface area (Å²) in [5.41, 5.74) is 0. The first-order valence-corrected chi connectivity index (χ1v) is 8.74. The largest absolute Gasteiger partial charge is 0.307 e. The van der Waals surface area contributed by atoms with Crippen molar-refractivity contribution in [1.82, 2.24) is 19.2 Å². The van der Waals surface area contributed by atoms with E-state index >= 15 is 0 Å². The molecule has 0 unspecified atom stereocenters. The van der Waals surface area contributed by atoms with Crippen molar-refractivity contribution < 1.29 is 0 Å². The van der Waals surface area contributed by atoms with Gasteiger partial charge in [-0.2, -0.15) is 5.10 Å². The van der Waals surface area contributed by atoms with Gasteiger partial charge in [-0.3, -0.25) is 4.90 Å². The average Bonchev–Trinajstić information content (AvgIpc) is 2.65. The lowest BCUT2D eigenvalue weighted by Crippen LogP contribution is -2.55. The Balaban J connectivity index is 1.54. The summed E-state index contributed by atoms with van der Waals surface area (Å²) in [6, 6.07) is 0.752. The highest BCUT2D eigenvalue weighted by Crippen LogP contribution is 2.54. The van der Waals surface area contributed by atoms with Gasteiger partial charge in [0.15, 0.2) is 4.77 Å². The highest BCUT2D eigenvalue weighted by Gasteiger charge is 2.49. The van der Waals surface area contributed by atoms with Crippen molar-refractivity contribution in [2.45, 2.75) is 51.7 Å². The summed E-state index contributed by atoms with van der Waals surface area (Å²) in [6.45, 7) is 2.86. The molecule has 21 heavy (non-hydrogen) atoms. The third-order valence-electron chi connectivity index (χ3n) is 6.30. The summed E-state index contributed by atoms with van der Waals surface area (Å²) < 4.78 is 4.83. The molecule has 116 valence electrons. The van der Waals surface area contributed by atoms with Crippen LogP contribution in [0.1, 0.15) is 37.9 Å². The van der Waals surface area contributed by atoms with E-state index in [1.54, 1.807) is 0 Å². The molecule has 1 aromatic heterocycles. The Bertz CT molecular complexity index is 574. The number of hydrogen-bond acceptors (Lipinski definition) is 3. The van der Waals surface area contributed by atoms with Crippen LogP contribution in [-0.2, 0) is 13.7 Å². The van der Waals surface area contributed by atoms with Gasteiger partial charge >= 0.3 is 0 Å². The molecule has 4 saturated carbocycles. The van der Waals surface area contributed by atoms with E-state index in [2.05, 4.69) is 17.0 Å². The lowest BCUT2D eigenvalue weighted by Gasteiger charge is -2.56. The molecule has 5 rings (SSSR count). The van der Waals surface area contributed by atoms with Crippen LogP contribution >= 0.6 is 12.2 Å². The summed E-state index contributed by atoms with van der Waals surface area (Å²) in [6.07, 6.45) is 7.39. The van der Waals surface area contributed by atoms with Gasteiger partial charge < -0.3 is 4.57 Å². The monoisotopic (exact) mass is 306 g/mol. The average molecular weight is 306 g/mol. The van der Waals surface area contributed by atoms with Crippen LogP contribution in [0.4, 0.5) is 0 Å². The topological polar surface area (TPSA) is 26.0 Å². The summed E-state index contributed by atoms with van der Waals surface area (Å²) in [4.78, 5) is 2.54. The molecule has 5 heteroatoms. The molecule has 0 N–H and O–H groups in total. The van der Waals surface area contributed by atoms with E-state index in [4.69, 9.17) is 12.2 Å². The molecule has 0 amide bonds. The Morgan fingerprint density at radius 1 is 1.14 bits per heavy atom. The van der Waals surface area contributed by atoms with Crippen LogP contribution in [0.3, 0.4) is 0 Å². The highest BCUT2D eigenvalue weighted by molar-refractivity contribution is 7.71. The molecule has 1 aromatic rings. The fourth-order valence-electron chi connectivity index (χ4n) is 5.61. The Morgan fingerprint density at radius 3 is 2.19 bits per heavy atom. The number of rotatable bonds is 3. The van der Waals surface area contributed by atoms with Gasteiger partial charge in [0, 0.05) is 13.1 Å². The summed E-state index contributed by atoms with van der Waals surface area (Å²) in [5, 5.41) is 4.60. The van der Waals surface area contributed by atoms with E-state index in [1.165, 1.54) is 32.1 Å². The molecule has 0 radical (unpaired) electrons. The summed E-state index contributed by atoms with van der Waals surface area (Å²) >= 11 is 5.50. The van der Waals surface area contributed by atoms with E-state index in [0.717, 1.165) is 47.0 Å². The van der Waals surface area contributed by atoms with Gasteiger partial charge in [-0.25, -0.2) is 4.68 Å². The maximum absolute atomic E-state index is 5.50. The standard InChI is InChI=1S/C16H26N4S/c1-10-17-20(16(21)19(10)3)9-18(2)15-13-5-11-4-12(7-13)8-14(15)6-11/h11-15H,4-9H2,1-3H3. The van der Waals surface area contributed by atoms with Crippen LogP contribution in [0.25, 0.3) is 0 Å². The van der Waals surface area contributed by atoms with Gasteiger partial charge in [-0.15, -0.1) is 0 Å². The van der Waals surface area contributed by atoms with E-state index in [9.17, 15) is 0 Å². The smallest absolute Gasteiger partial charge is 0.198 e. The van der Waals surface area contributed by atoms with Crippen LogP contribution in [0, 0.1) is 35.4 Å². The van der Waals surface area contributed by atoms with E-state index in [0.29, 0.717) is 0 Å². The molecular formula is C16H26N4S. The molecule has 1 heterocycles. The Morgan fingerprint density at radius 2 is 1.71 bits per heavy atom. The van der Waals surface area contributed by atoms with Crippen molar-refractivity contribution in [3.05, 3.63) is 10.6 Å². The van der Waals surface area contributed by atoms with Gasteiger partial charge in [0.05, 0.1) is 6.67 Å². The second-order valence-electron chi connectivity index (χ2n) is 7.71. The number of aromatic nitrogens is 3. The first-order valence-electron chi connectivity index (χ1n) is 8.33. The minimum absolute atomic E-state index is 0.752. The second-order valence-corrected chi connectivity index (χ2v) is 8.07. The Hall–Kier alpha value is -0.680. The summed E-state index contributed by atoms with van der Waals surface area (Å²) in [5.74, 6) is 4.92. The van der Waals surface area contributed by atoms with Crippen LogP contribution in [-0.4, -0.2) is 32.3 Å². The molecule has 4 aliphatic rings.